The molecule has 0 radical (unpaired) electrons. The van der Waals surface area contributed by atoms with Crippen LogP contribution in [0.1, 0.15) is 67.2 Å². The maximum absolute atomic E-state index is 12.1. The zero-order chi connectivity index (χ0) is 21.5. The first kappa shape index (κ1) is 24.5. The lowest BCUT2D eigenvalue weighted by atomic mass is 10.0. The van der Waals surface area contributed by atoms with Crippen LogP contribution in [0.15, 0.2) is 0 Å². The van der Waals surface area contributed by atoms with Crippen molar-refractivity contribution in [3.63, 3.8) is 0 Å². The molecule has 2 amide bonds. The van der Waals surface area contributed by atoms with Crippen LogP contribution in [0, 0.1) is 0 Å². The summed E-state index contributed by atoms with van der Waals surface area (Å²) in [5, 5.41) is 22.7. The van der Waals surface area contributed by atoms with Crippen molar-refractivity contribution in [2.45, 2.75) is 84.1 Å². The minimum atomic E-state index is -2.21. The molecule has 0 aromatic carbocycles. The van der Waals surface area contributed by atoms with Gasteiger partial charge < -0.3 is 19.7 Å². The third-order valence-electron chi connectivity index (χ3n) is 2.99. The summed E-state index contributed by atoms with van der Waals surface area (Å²) >= 11 is 0. The van der Waals surface area contributed by atoms with Crippen LogP contribution in [0.2, 0.25) is 0 Å². The molecule has 27 heavy (non-hydrogen) atoms. The molecule has 0 aromatic heterocycles. The van der Waals surface area contributed by atoms with Crippen molar-refractivity contribution in [1.29, 1.82) is 0 Å². The largest absolute Gasteiger partial charge is 0.481 e. The third-order valence-corrected chi connectivity index (χ3v) is 2.99. The molecule has 0 heterocycles. The molecular weight excluding hydrogens is 360 g/mol. The van der Waals surface area contributed by atoms with Crippen LogP contribution < -0.4 is 10.6 Å². The monoisotopic (exact) mass is 390 g/mol. The Kier molecular flexibility index (Phi) is 8.55. The smallest absolute Gasteiger partial charge is 0.409 e. The highest BCUT2D eigenvalue weighted by molar-refractivity contribution is 5.88. The van der Waals surface area contributed by atoms with Gasteiger partial charge in [0.15, 0.2) is 0 Å². The Morgan fingerprint density at radius 2 is 1.19 bits per heavy atom. The number of alkyl carbamates (subject to hydrolysis) is 2. The first-order valence-corrected chi connectivity index (χ1v) is 8.54. The Balaban J connectivity index is 5.43. The lowest BCUT2D eigenvalue weighted by molar-refractivity contribution is -0.147. The number of amides is 2. The SMILES string of the molecule is CC(C)(C)OC(=O)NC(CCCCC(=O)O)(NC(=O)OC(C)(C)C)C(=O)O. The molecule has 0 aliphatic heterocycles. The number of ether oxygens (including phenoxy) is 2. The third kappa shape index (κ3) is 10.9. The standard InChI is InChI=1S/C17H30N2O8/c1-15(2,3)26-13(24)18-17(12(22)23,10-8-7-9-11(20)21)19-14(25)27-16(4,5)6/h7-10H2,1-6H3,(H,18,24)(H,19,25)(H,20,21)(H,22,23). The van der Waals surface area contributed by atoms with Gasteiger partial charge in [-0.15, -0.1) is 0 Å². The average molecular weight is 390 g/mol. The summed E-state index contributed by atoms with van der Waals surface area (Å²) in [5.74, 6) is -2.56. The summed E-state index contributed by atoms with van der Waals surface area (Å²) in [4.78, 5) is 46.7. The van der Waals surface area contributed by atoms with Crippen LogP contribution in [0.3, 0.4) is 0 Å². The molecule has 0 fully saturated rings. The van der Waals surface area contributed by atoms with Crippen molar-refractivity contribution in [1.82, 2.24) is 10.6 Å². The first-order chi connectivity index (χ1) is 12.1. The van der Waals surface area contributed by atoms with Crippen molar-refractivity contribution in [3.8, 4) is 0 Å². The number of hydrogen-bond acceptors (Lipinski definition) is 6. The zero-order valence-electron chi connectivity index (χ0n) is 16.7. The van der Waals surface area contributed by atoms with Gasteiger partial charge in [0.2, 0.25) is 5.66 Å². The molecule has 10 heteroatoms. The van der Waals surface area contributed by atoms with E-state index in [1.165, 1.54) is 0 Å². The lowest BCUT2D eigenvalue weighted by Crippen LogP contribution is -2.66. The predicted molar refractivity (Wildman–Crippen MR) is 95.2 cm³/mol. The summed E-state index contributed by atoms with van der Waals surface area (Å²) in [5.41, 5.74) is -3.98. The quantitative estimate of drug-likeness (QED) is 0.364. The van der Waals surface area contributed by atoms with E-state index in [0.717, 1.165) is 0 Å². The summed E-state index contributed by atoms with van der Waals surface area (Å²) in [6.07, 6.45) is -2.23. The molecule has 0 aliphatic rings. The van der Waals surface area contributed by atoms with Gasteiger partial charge in [-0.1, -0.05) is 0 Å². The van der Waals surface area contributed by atoms with Crippen LogP contribution >= 0.6 is 0 Å². The fourth-order valence-electron chi connectivity index (χ4n) is 1.99. The van der Waals surface area contributed by atoms with Crippen LogP contribution in [-0.2, 0) is 19.1 Å². The number of rotatable bonds is 8. The van der Waals surface area contributed by atoms with Crippen molar-refractivity contribution >= 4 is 24.1 Å². The summed E-state index contributed by atoms with van der Waals surface area (Å²) in [6.45, 7) is 9.60. The van der Waals surface area contributed by atoms with E-state index in [1.807, 2.05) is 0 Å². The van der Waals surface area contributed by atoms with Gasteiger partial charge in [-0.25, -0.2) is 14.4 Å². The fourth-order valence-corrected chi connectivity index (χ4v) is 1.99. The number of carboxylic acids is 2. The van der Waals surface area contributed by atoms with Gasteiger partial charge in [0.1, 0.15) is 11.2 Å². The summed E-state index contributed by atoms with van der Waals surface area (Å²) in [7, 11) is 0. The highest BCUT2D eigenvalue weighted by Crippen LogP contribution is 2.17. The molecule has 4 N–H and O–H groups in total. The van der Waals surface area contributed by atoms with Gasteiger partial charge in [0.05, 0.1) is 0 Å². The number of hydrogen-bond donors (Lipinski definition) is 4. The molecule has 0 saturated carbocycles. The molecule has 0 aliphatic carbocycles. The van der Waals surface area contributed by atoms with Gasteiger partial charge >= 0.3 is 24.1 Å². The van der Waals surface area contributed by atoms with Crippen molar-refractivity contribution in [2.75, 3.05) is 0 Å². The molecule has 0 rings (SSSR count). The maximum atomic E-state index is 12.1. The van der Waals surface area contributed by atoms with Gasteiger partial charge in [0.25, 0.3) is 0 Å². The highest BCUT2D eigenvalue weighted by atomic mass is 16.6. The minimum Gasteiger partial charge on any atom is -0.481 e. The van der Waals surface area contributed by atoms with Gasteiger partial charge in [-0.2, -0.15) is 0 Å². The van der Waals surface area contributed by atoms with E-state index in [-0.39, 0.29) is 25.7 Å². The normalized spacial score (nSPS) is 12.1. The van der Waals surface area contributed by atoms with E-state index < -0.39 is 41.0 Å². The molecule has 0 unspecified atom stereocenters. The number of nitrogens with one attached hydrogen (secondary N) is 2. The molecule has 10 nitrogen and oxygen atoms in total. The van der Waals surface area contributed by atoms with Crippen molar-refractivity contribution < 1.29 is 38.9 Å². The predicted octanol–water partition coefficient (Wildman–Crippen LogP) is 2.46. The maximum Gasteiger partial charge on any atom is 0.409 e. The minimum absolute atomic E-state index is 0.115. The van der Waals surface area contributed by atoms with Crippen molar-refractivity contribution in [2.24, 2.45) is 0 Å². The summed E-state index contributed by atoms with van der Waals surface area (Å²) in [6, 6.07) is 0. The second kappa shape index (κ2) is 9.43. The molecule has 0 atom stereocenters. The molecule has 0 spiro atoms. The molecule has 0 saturated heterocycles. The second-order valence-electron chi connectivity index (χ2n) is 8.07. The van der Waals surface area contributed by atoms with E-state index in [4.69, 9.17) is 14.6 Å². The second-order valence-corrected chi connectivity index (χ2v) is 8.07. The van der Waals surface area contributed by atoms with E-state index in [0.29, 0.717) is 0 Å². The zero-order valence-corrected chi connectivity index (χ0v) is 16.7. The van der Waals surface area contributed by atoms with Gasteiger partial charge in [-0.05, 0) is 54.4 Å². The number of carbonyl (C=O) groups excluding carboxylic acids is 2. The van der Waals surface area contributed by atoms with E-state index in [9.17, 15) is 24.3 Å². The van der Waals surface area contributed by atoms with Crippen LogP contribution in [0.5, 0.6) is 0 Å². The molecule has 0 bridgehead atoms. The van der Waals surface area contributed by atoms with Crippen molar-refractivity contribution in [3.05, 3.63) is 0 Å². The topological polar surface area (TPSA) is 151 Å². The van der Waals surface area contributed by atoms with E-state index in [2.05, 4.69) is 10.6 Å². The number of aliphatic carboxylic acids is 2. The van der Waals surface area contributed by atoms with E-state index in [1.54, 1.807) is 41.5 Å². The van der Waals surface area contributed by atoms with Crippen LogP contribution in [0.25, 0.3) is 0 Å². The number of unbranched alkanes of at least 4 members (excludes halogenated alkanes) is 1. The van der Waals surface area contributed by atoms with Crippen LogP contribution in [-0.4, -0.2) is 51.2 Å². The molecule has 0 aromatic rings. The Bertz CT molecular complexity index is 530. The number of carboxylic acid groups (broad SMARTS) is 2. The molecular formula is C17H30N2O8. The van der Waals surface area contributed by atoms with Gasteiger partial charge in [0, 0.05) is 12.8 Å². The summed E-state index contributed by atoms with van der Waals surface area (Å²) < 4.78 is 10.1. The van der Waals surface area contributed by atoms with E-state index >= 15 is 0 Å². The number of carbonyl (C=O) groups is 4. The van der Waals surface area contributed by atoms with Gasteiger partial charge in [-0.3, -0.25) is 15.4 Å². The Morgan fingerprint density at radius 1 is 0.778 bits per heavy atom. The van der Waals surface area contributed by atoms with Crippen LogP contribution in [0.4, 0.5) is 9.59 Å². The Hall–Kier alpha value is -2.52. The fraction of sp³-hybridized carbons (Fsp3) is 0.765. The molecule has 156 valence electrons. The highest BCUT2D eigenvalue weighted by Gasteiger charge is 2.43. The first-order valence-electron chi connectivity index (χ1n) is 8.54. The Morgan fingerprint density at radius 3 is 1.48 bits per heavy atom. The average Bonchev–Trinajstić information content (AvgIpc) is 2.38. The Labute approximate surface area is 158 Å². The lowest BCUT2D eigenvalue weighted by Gasteiger charge is -2.33.